The lowest BCUT2D eigenvalue weighted by Crippen LogP contribution is -2.46. The van der Waals surface area contributed by atoms with Crippen molar-refractivity contribution in [2.75, 3.05) is 39.1 Å². The van der Waals surface area contributed by atoms with Gasteiger partial charge in [-0.1, -0.05) is 12.1 Å². The number of carbonyl (C=O) groups excluding carboxylic acids is 1. The van der Waals surface area contributed by atoms with Crippen LogP contribution in [0.5, 0.6) is 0 Å². The Kier molecular flexibility index (Phi) is 8.52. The molecule has 1 saturated heterocycles. The summed E-state index contributed by atoms with van der Waals surface area (Å²) in [6.45, 7) is 4.31. The molecule has 1 unspecified atom stereocenters. The number of hydrazine groups is 1. The maximum Gasteiger partial charge on any atom is 0.269 e. The zero-order chi connectivity index (χ0) is 24.0. The SMILES string of the molecule is COCCN1CCCC(CS(=O)(=O)NNC(=O)c2cc(-c3cccc(F)c3)cc(C)c2F)C1. The number of sulfonamides is 1. The third kappa shape index (κ3) is 7.04. The highest BCUT2D eigenvalue weighted by Crippen LogP contribution is 2.25. The Bertz CT molecular complexity index is 1100. The first-order chi connectivity index (χ1) is 15.7. The van der Waals surface area contributed by atoms with E-state index in [0.29, 0.717) is 24.3 Å². The Morgan fingerprint density at radius 1 is 1.21 bits per heavy atom. The van der Waals surface area contributed by atoms with Crippen LogP contribution in [-0.2, 0) is 14.8 Å². The number of amides is 1. The van der Waals surface area contributed by atoms with Crippen LogP contribution >= 0.6 is 0 Å². The van der Waals surface area contributed by atoms with E-state index in [0.717, 1.165) is 25.9 Å². The quantitative estimate of drug-likeness (QED) is 0.538. The lowest BCUT2D eigenvalue weighted by molar-refractivity contribution is 0.0940. The highest BCUT2D eigenvalue weighted by atomic mass is 32.2. The van der Waals surface area contributed by atoms with Gasteiger partial charge in [-0.2, -0.15) is 0 Å². The van der Waals surface area contributed by atoms with Crippen LogP contribution in [0.2, 0.25) is 0 Å². The molecule has 0 radical (unpaired) electrons. The first-order valence-corrected chi connectivity index (χ1v) is 12.4. The summed E-state index contributed by atoms with van der Waals surface area (Å²) in [7, 11) is -2.21. The molecule has 1 atom stereocenters. The zero-order valence-electron chi connectivity index (χ0n) is 18.7. The molecule has 7 nitrogen and oxygen atoms in total. The number of methoxy groups -OCH3 is 1. The highest BCUT2D eigenvalue weighted by Gasteiger charge is 2.26. The molecule has 0 aromatic heterocycles. The molecular weight excluding hydrogens is 452 g/mol. The summed E-state index contributed by atoms with van der Waals surface area (Å²) in [5.41, 5.74) is 2.88. The van der Waals surface area contributed by atoms with Crippen molar-refractivity contribution >= 4 is 15.9 Å². The molecule has 1 heterocycles. The first kappa shape index (κ1) is 25.2. The molecule has 0 aliphatic carbocycles. The molecule has 1 amide bonds. The van der Waals surface area contributed by atoms with Crippen molar-refractivity contribution in [3.05, 3.63) is 59.2 Å². The molecule has 33 heavy (non-hydrogen) atoms. The number of nitrogens with zero attached hydrogens (tertiary/aromatic N) is 1. The molecule has 1 fully saturated rings. The van der Waals surface area contributed by atoms with Crippen molar-refractivity contribution < 1.29 is 26.7 Å². The second-order valence-corrected chi connectivity index (χ2v) is 10.1. The van der Waals surface area contributed by atoms with Gasteiger partial charge in [-0.3, -0.25) is 10.2 Å². The zero-order valence-corrected chi connectivity index (χ0v) is 19.6. The minimum absolute atomic E-state index is 0.0831. The standard InChI is InChI=1S/C23H29F2N3O4S/c1-16-11-19(18-6-3-7-20(24)12-18)13-21(22(16)25)23(29)26-27-33(30,31)15-17-5-4-8-28(14-17)9-10-32-2/h3,6-7,11-13,17,27H,4-5,8-10,14-15H2,1-2H3,(H,26,29). The molecule has 0 spiro atoms. The molecule has 10 heteroatoms. The molecule has 180 valence electrons. The van der Waals surface area contributed by atoms with Crippen LogP contribution in [0.3, 0.4) is 0 Å². The first-order valence-electron chi connectivity index (χ1n) is 10.8. The van der Waals surface area contributed by atoms with Crippen LogP contribution in [0.4, 0.5) is 8.78 Å². The fourth-order valence-corrected chi connectivity index (χ4v) is 5.25. The predicted octanol–water partition coefficient (Wildman–Crippen LogP) is 2.86. The van der Waals surface area contributed by atoms with Crippen molar-refractivity contribution in [3.63, 3.8) is 0 Å². The van der Waals surface area contributed by atoms with Crippen molar-refractivity contribution in [1.29, 1.82) is 0 Å². The number of halogens is 2. The third-order valence-electron chi connectivity index (χ3n) is 5.65. The summed E-state index contributed by atoms with van der Waals surface area (Å²) >= 11 is 0. The number of ether oxygens (including phenoxy) is 1. The van der Waals surface area contributed by atoms with E-state index >= 15 is 0 Å². The number of hydrogen-bond acceptors (Lipinski definition) is 5. The molecule has 2 N–H and O–H groups in total. The van der Waals surface area contributed by atoms with Gasteiger partial charge in [0.05, 0.1) is 17.9 Å². The van der Waals surface area contributed by atoms with Crippen LogP contribution in [0.15, 0.2) is 36.4 Å². The smallest absolute Gasteiger partial charge is 0.269 e. The fourth-order valence-electron chi connectivity index (χ4n) is 4.02. The monoisotopic (exact) mass is 481 g/mol. The summed E-state index contributed by atoms with van der Waals surface area (Å²) in [4.78, 5) is 16.8. The van der Waals surface area contributed by atoms with Crippen LogP contribution < -0.4 is 10.3 Å². The molecule has 2 aromatic rings. The van der Waals surface area contributed by atoms with Gasteiger partial charge in [0.25, 0.3) is 5.91 Å². The van der Waals surface area contributed by atoms with E-state index in [4.69, 9.17) is 4.74 Å². The number of likely N-dealkylation sites (tertiary alicyclic amines) is 1. The lowest BCUT2D eigenvalue weighted by atomic mass is 9.99. The van der Waals surface area contributed by atoms with E-state index in [9.17, 15) is 22.0 Å². The van der Waals surface area contributed by atoms with Gasteiger partial charge in [0, 0.05) is 20.2 Å². The van der Waals surface area contributed by atoms with Crippen LogP contribution in [0.1, 0.15) is 28.8 Å². The van der Waals surface area contributed by atoms with Gasteiger partial charge in [0.1, 0.15) is 11.6 Å². The number of aryl methyl sites for hydroxylation is 1. The van der Waals surface area contributed by atoms with Gasteiger partial charge in [0.15, 0.2) is 0 Å². The number of hydrogen-bond donors (Lipinski definition) is 2. The normalized spacial score (nSPS) is 17.2. The third-order valence-corrected chi connectivity index (χ3v) is 6.97. The average molecular weight is 482 g/mol. The van der Waals surface area contributed by atoms with Crippen molar-refractivity contribution in [2.24, 2.45) is 5.92 Å². The van der Waals surface area contributed by atoms with Crippen molar-refractivity contribution in [3.8, 4) is 11.1 Å². The molecule has 0 saturated carbocycles. The lowest BCUT2D eigenvalue weighted by Gasteiger charge is -2.32. The number of piperidine rings is 1. The number of carbonyl (C=O) groups is 1. The molecular formula is C23H29F2N3O4S. The van der Waals surface area contributed by atoms with E-state index in [2.05, 4.69) is 15.2 Å². The van der Waals surface area contributed by atoms with Gasteiger partial charge >= 0.3 is 0 Å². The number of nitrogens with one attached hydrogen (secondary N) is 2. The summed E-state index contributed by atoms with van der Waals surface area (Å²) < 4.78 is 58.4. The Morgan fingerprint density at radius 2 is 2.00 bits per heavy atom. The van der Waals surface area contributed by atoms with Gasteiger partial charge in [-0.25, -0.2) is 17.2 Å². The summed E-state index contributed by atoms with van der Waals surface area (Å²) in [6.07, 6.45) is 1.65. The second-order valence-electron chi connectivity index (χ2n) is 8.30. The number of benzene rings is 2. The van der Waals surface area contributed by atoms with Crippen molar-refractivity contribution in [1.82, 2.24) is 15.2 Å². The van der Waals surface area contributed by atoms with Gasteiger partial charge < -0.3 is 9.64 Å². The van der Waals surface area contributed by atoms with E-state index < -0.39 is 27.6 Å². The Morgan fingerprint density at radius 3 is 2.73 bits per heavy atom. The molecule has 1 aliphatic heterocycles. The van der Waals surface area contributed by atoms with Gasteiger partial charge in [-0.15, -0.1) is 4.83 Å². The highest BCUT2D eigenvalue weighted by molar-refractivity contribution is 7.89. The largest absolute Gasteiger partial charge is 0.383 e. The predicted molar refractivity (Wildman–Crippen MR) is 122 cm³/mol. The van der Waals surface area contributed by atoms with Crippen LogP contribution in [0.25, 0.3) is 11.1 Å². The maximum absolute atomic E-state index is 14.6. The minimum Gasteiger partial charge on any atom is -0.383 e. The minimum atomic E-state index is -3.83. The summed E-state index contributed by atoms with van der Waals surface area (Å²) in [6, 6.07) is 8.49. The van der Waals surface area contributed by atoms with E-state index in [1.54, 1.807) is 13.2 Å². The average Bonchev–Trinajstić information content (AvgIpc) is 2.78. The maximum atomic E-state index is 14.6. The Labute approximate surface area is 193 Å². The van der Waals surface area contributed by atoms with Gasteiger partial charge in [-0.05, 0) is 73.2 Å². The molecule has 1 aliphatic rings. The Balaban J connectivity index is 1.66. The summed E-state index contributed by atoms with van der Waals surface area (Å²) in [5.74, 6) is -2.39. The number of rotatable bonds is 9. The molecule has 0 bridgehead atoms. The second kappa shape index (κ2) is 11.1. The topological polar surface area (TPSA) is 87.7 Å². The Hall–Kier alpha value is -2.40. The van der Waals surface area contributed by atoms with Gasteiger partial charge in [0.2, 0.25) is 10.0 Å². The van der Waals surface area contributed by atoms with Crippen molar-refractivity contribution in [2.45, 2.75) is 19.8 Å². The van der Waals surface area contributed by atoms with E-state index in [-0.39, 0.29) is 22.8 Å². The van der Waals surface area contributed by atoms with E-state index in [1.807, 2.05) is 0 Å². The summed E-state index contributed by atoms with van der Waals surface area (Å²) in [5, 5.41) is 0. The fraction of sp³-hybridized carbons (Fsp3) is 0.435. The molecule has 2 aromatic carbocycles. The van der Waals surface area contributed by atoms with Crippen LogP contribution in [-0.4, -0.2) is 58.3 Å². The van der Waals surface area contributed by atoms with E-state index in [1.165, 1.54) is 37.3 Å². The van der Waals surface area contributed by atoms with Crippen LogP contribution in [0, 0.1) is 24.5 Å². The molecule has 3 rings (SSSR count).